The first-order valence-corrected chi connectivity index (χ1v) is 7.99. The van der Waals surface area contributed by atoms with Crippen LogP contribution in [0.2, 0.25) is 0 Å². The standard InChI is InChI=1S/C17H29N3/c1-3-7-17(14-18)20-12-10-19(11-13-20)15(2)16-8-5-4-6-9-16/h4-6,8-9,15,17H,3,7,10-14,18H2,1-2H3. The molecule has 1 heterocycles. The van der Waals surface area contributed by atoms with Crippen molar-refractivity contribution < 1.29 is 0 Å². The maximum Gasteiger partial charge on any atom is 0.0320 e. The van der Waals surface area contributed by atoms with E-state index in [0.717, 1.165) is 32.7 Å². The molecule has 112 valence electrons. The minimum atomic E-state index is 0.515. The van der Waals surface area contributed by atoms with Crippen molar-refractivity contribution in [1.82, 2.24) is 9.80 Å². The van der Waals surface area contributed by atoms with Gasteiger partial charge in [0.2, 0.25) is 0 Å². The van der Waals surface area contributed by atoms with Gasteiger partial charge in [-0.2, -0.15) is 0 Å². The van der Waals surface area contributed by atoms with Gasteiger partial charge in [-0.05, 0) is 18.9 Å². The fourth-order valence-electron chi connectivity index (χ4n) is 3.21. The molecule has 1 saturated heterocycles. The maximum absolute atomic E-state index is 5.92. The summed E-state index contributed by atoms with van der Waals surface area (Å²) >= 11 is 0. The van der Waals surface area contributed by atoms with Crippen LogP contribution in [0.1, 0.15) is 38.3 Å². The summed E-state index contributed by atoms with van der Waals surface area (Å²) in [6, 6.07) is 11.9. The van der Waals surface area contributed by atoms with Crippen molar-refractivity contribution in [2.45, 2.75) is 38.8 Å². The zero-order chi connectivity index (χ0) is 14.4. The lowest BCUT2D eigenvalue weighted by atomic mass is 10.0. The Kier molecular flexibility index (Phi) is 6.02. The van der Waals surface area contributed by atoms with Gasteiger partial charge in [0.25, 0.3) is 0 Å². The first kappa shape index (κ1) is 15.5. The summed E-state index contributed by atoms with van der Waals surface area (Å²) in [4.78, 5) is 5.17. The zero-order valence-corrected chi connectivity index (χ0v) is 13.0. The van der Waals surface area contributed by atoms with Crippen LogP contribution in [0.25, 0.3) is 0 Å². The molecule has 2 atom stereocenters. The molecule has 0 bridgehead atoms. The van der Waals surface area contributed by atoms with Gasteiger partial charge in [0.15, 0.2) is 0 Å². The van der Waals surface area contributed by atoms with E-state index in [-0.39, 0.29) is 0 Å². The Hall–Kier alpha value is -0.900. The van der Waals surface area contributed by atoms with E-state index in [9.17, 15) is 0 Å². The van der Waals surface area contributed by atoms with E-state index in [2.05, 4.69) is 54.0 Å². The summed E-state index contributed by atoms with van der Waals surface area (Å²) in [6.07, 6.45) is 2.45. The number of piperazine rings is 1. The highest BCUT2D eigenvalue weighted by atomic mass is 15.3. The quantitative estimate of drug-likeness (QED) is 0.866. The molecule has 0 aromatic heterocycles. The molecule has 0 saturated carbocycles. The molecule has 3 nitrogen and oxygen atoms in total. The van der Waals surface area contributed by atoms with Gasteiger partial charge in [0.05, 0.1) is 0 Å². The van der Waals surface area contributed by atoms with Crippen LogP contribution in [0.4, 0.5) is 0 Å². The van der Waals surface area contributed by atoms with Gasteiger partial charge in [-0.3, -0.25) is 9.80 Å². The predicted octanol–water partition coefficient (Wildman–Crippen LogP) is 2.49. The Morgan fingerprint density at radius 1 is 1.05 bits per heavy atom. The first-order valence-electron chi connectivity index (χ1n) is 7.99. The van der Waals surface area contributed by atoms with Crippen molar-refractivity contribution in [2.75, 3.05) is 32.7 Å². The molecule has 0 amide bonds. The summed E-state index contributed by atoms with van der Waals surface area (Å²) in [5.41, 5.74) is 7.34. The molecular formula is C17H29N3. The molecule has 1 aromatic rings. The van der Waals surface area contributed by atoms with Crippen LogP contribution in [0, 0.1) is 0 Å². The molecule has 2 N–H and O–H groups in total. The van der Waals surface area contributed by atoms with E-state index in [1.807, 2.05) is 0 Å². The van der Waals surface area contributed by atoms with Crippen LogP contribution in [-0.4, -0.2) is 48.6 Å². The topological polar surface area (TPSA) is 32.5 Å². The van der Waals surface area contributed by atoms with Crippen molar-refractivity contribution in [3.8, 4) is 0 Å². The van der Waals surface area contributed by atoms with Crippen LogP contribution < -0.4 is 5.73 Å². The molecule has 1 fully saturated rings. The zero-order valence-electron chi connectivity index (χ0n) is 13.0. The molecule has 2 unspecified atom stereocenters. The molecule has 1 aliphatic rings. The Morgan fingerprint density at radius 2 is 1.65 bits per heavy atom. The van der Waals surface area contributed by atoms with E-state index < -0.39 is 0 Å². The van der Waals surface area contributed by atoms with Crippen LogP contribution >= 0.6 is 0 Å². The summed E-state index contributed by atoms with van der Waals surface area (Å²) in [6.45, 7) is 9.96. The lowest BCUT2D eigenvalue weighted by molar-refractivity contribution is 0.0725. The molecule has 0 radical (unpaired) electrons. The Balaban J connectivity index is 1.87. The normalized spacial score (nSPS) is 20.8. The van der Waals surface area contributed by atoms with Gasteiger partial charge < -0.3 is 5.73 Å². The van der Waals surface area contributed by atoms with Crippen molar-refractivity contribution in [3.63, 3.8) is 0 Å². The largest absolute Gasteiger partial charge is 0.329 e. The summed E-state index contributed by atoms with van der Waals surface area (Å²) in [7, 11) is 0. The third-order valence-corrected chi connectivity index (χ3v) is 4.59. The van der Waals surface area contributed by atoms with Crippen molar-refractivity contribution in [3.05, 3.63) is 35.9 Å². The van der Waals surface area contributed by atoms with Crippen LogP contribution in [-0.2, 0) is 0 Å². The number of rotatable bonds is 6. The van der Waals surface area contributed by atoms with Crippen LogP contribution in [0.5, 0.6) is 0 Å². The van der Waals surface area contributed by atoms with E-state index >= 15 is 0 Å². The number of benzene rings is 1. The highest BCUT2D eigenvalue weighted by Crippen LogP contribution is 2.22. The number of nitrogens with two attached hydrogens (primary N) is 1. The summed E-state index contributed by atoms with van der Waals surface area (Å²) in [5, 5.41) is 0. The minimum absolute atomic E-state index is 0.515. The van der Waals surface area contributed by atoms with Gasteiger partial charge in [0.1, 0.15) is 0 Å². The monoisotopic (exact) mass is 275 g/mol. The number of hydrogen-bond acceptors (Lipinski definition) is 3. The minimum Gasteiger partial charge on any atom is -0.329 e. The summed E-state index contributed by atoms with van der Waals surface area (Å²) < 4.78 is 0. The molecule has 20 heavy (non-hydrogen) atoms. The number of nitrogens with zero attached hydrogens (tertiary/aromatic N) is 2. The number of hydrogen-bond donors (Lipinski definition) is 1. The van der Waals surface area contributed by atoms with Gasteiger partial charge in [0, 0.05) is 44.8 Å². The van der Waals surface area contributed by atoms with E-state index in [1.165, 1.54) is 18.4 Å². The Labute approximate surface area is 123 Å². The Morgan fingerprint density at radius 3 is 2.20 bits per heavy atom. The van der Waals surface area contributed by atoms with Gasteiger partial charge in [-0.1, -0.05) is 43.7 Å². The molecule has 0 aliphatic carbocycles. The van der Waals surface area contributed by atoms with E-state index in [1.54, 1.807) is 0 Å². The predicted molar refractivity (Wildman–Crippen MR) is 85.8 cm³/mol. The fraction of sp³-hybridized carbons (Fsp3) is 0.647. The van der Waals surface area contributed by atoms with E-state index in [4.69, 9.17) is 5.73 Å². The highest BCUT2D eigenvalue weighted by Gasteiger charge is 2.25. The average molecular weight is 275 g/mol. The van der Waals surface area contributed by atoms with Crippen molar-refractivity contribution >= 4 is 0 Å². The average Bonchev–Trinajstić information content (AvgIpc) is 2.53. The second kappa shape index (κ2) is 7.77. The SMILES string of the molecule is CCCC(CN)N1CCN(C(C)c2ccccc2)CC1. The maximum atomic E-state index is 5.92. The lowest BCUT2D eigenvalue weighted by Crippen LogP contribution is -2.52. The molecular weight excluding hydrogens is 246 g/mol. The van der Waals surface area contributed by atoms with Crippen molar-refractivity contribution in [1.29, 1.82) is 0 Å². The van der Waals surface area contributed by atoms with E-state index in [0.29, 0.717) is 12.1 Å². The highest BCUT2D eigenvalue weighted by molar-refractivity contribution is 5.18. The second-order valence-electron chi connectivity index (χ2n) is 5.84. The molecule has 2 rings (SSSR count). The first-order chi connectivity index (χ1) is 9.76. The van der Waals surface area contributed by atoms with Crippen molar-refractivity contribution in [2.24, 2.45) is 5.73 Å². The molecule has 1 aromatic carbocycles. The molecule has 0 spiro atoms. The molecule has 3 heteroatoms. The fourth-order valence-corrected chi connectivity index (χ4v) is 3.21. The third-order valence-electron chi connectivity index (χ3n) is 4.59. The smallest absolute Gasteiger partial charge is 0.0320 e. The van der Waals surface area contributed by atoms with Gasteiger partial charge >= 0.3 is 0 Å². The second-order valence-corrected chi connectivity index (χ2v) is 5.84. The molecule has 1 aliphatic heterocycles. The third kappa shape index (κ3) is 3.81. The van der Waals surface area contributed by atoms with Crippen LogP contribution in [0.3, 0.4) is 0 Å². The van der Waals surface area contributed by atoms with Gasteiger partial charge in [-0.25, -0.2) is 0 Å². The summed E-state index contributed by atoms with van der Waals surface area (Å²) in [5.74, 6) is 0. The Bertz CT molecular complexity index is 371. The van der Waals surface area contributed by atoms with Crippen LogP contribution in [0.15, 0.2) is 30.3 Å². The lowest BCUT2D eigenvalue weighted by Gasteiger charge is -2.41. The van der Waals surface area contributed by atoms with Gasteiger partial charge in [-0.15, -0.1) is 0 Å².